The van der Waals surface area contributed by atoms with Gasteiger partial charge in [0.05, 0.1) is 6.10 Å². The predicted molar refractivity (Wildman–Crippen MR) is 66.3 cm³/mol. The molecule has 0 aromatic heterocycles. The molecular formula is C12H22N2O4. The highest BCUT2D eigenvalue weighted by Gasteiger charge is 2.39. The number of aliphatic carboxylic acids is 1. The zero-order valence-corrected chi connectivity index (χ0v) is 11.2. The molecule has 0 aliphatic carbocycles. The molecule has 2 N–H and O–H groups in total. The Bertz CT molecular complexity index is 322. The fourth-order valence-corrected chi connectivity index (χ4v) is 2.11. The van der Waals surface area contributed by atoms with Crippen LogP contribution in [0.2, 0.25) is 0 Å². The lowest BCUT2D eigenvalue weighted by Crippen LogP contribution is -2.58. The zero-order chi connectivity index (χ0) is 13.9. The molecule has 0 saturated carbocycles. The molecule has 1 rings (SSSR count). The van der Waals surface area contributed by atoms with E-state index in [0.717, 1.165) is 0 Å². The number of carbonyl (C=O) groups is 2. The molecule has 1 fully saturated rings. The van der Waals surface area contributed by atoms with Crippen LogP contribution in [0.25, 0.3) is 0 Å². The molecule has 0 atom stereocenters. The molecule has 1 saturated heterocycles. The maximum absolute atomic E-state index is 12.3. The topological polar surface area (TPSA) is 81.1 Å². The van der Waals surface area contributed by atoms with Crippen molar-refractivity contribution < 1.29 is 19.8 Å². The summed E-state index contributed by atoms with van der Waals surface area (Å²) in [6, 6.07) is -0.267. The largest absolute Gasteiger partial charge is 0.480 e. The zero-order valence-electron chi connectivity index (χ0n) is 11.2. The molecule has 1 aliphatic heterocycles. The SMILES string of the molecule is CCN(C(=O)N1CCC(O)CC1)C(C)(C)C(=O)O. The average Bonchev–Trinajstić information content (AvgIpc) is 2.30. The molecule has 1 heterocycles. The summed E-state index contributed by atoms with van der Waals surface area (Å²) in [5, 5.41) is 18.6. The van der Waals surface area contributed by atoms with Crippen LogP contribution in [0.4, 0.5) is 4.79 Å². The van der Waals surface area contributed by atoms with Gasteiger partial charge in [0.1, 0.15) is 5.54 Å². The van der Waals surface area contributed by atoms with Crippen molar-refractivity contribution in [1.29, 1.82) is 0 Å². The molecule has 0 aromatic rings. The minimum atomic E-state index is -1.22. The van der Waals surface area contributed by atoms with Gasteiger partial charge in [-0.3, -0.25) is 0 Å². The Balaban J connectivity index is 2.77. The van der Waals surface area contributed by atoms with Crippen LogP contribution in [-0.4, -0.2) is 63.3 Å². The lowest BCUT2D eigenvalue weighted by Gasteiger charge is -2.39. The highest BCUT2D eigenvalue weighted by Crippen LogP contribution is 2.19. The van der Waals surface area contributed by atoms with Gasteiger partial charge in [0.2, 0.25) is 0 Å². The van der Waals surface area contributed by atoms with Gasteiger partial charge in [0.15, 0.2) is 0 Å². The van der Waals surface area contributed by atoms with Crippen molar-refractivity contribution in [2.45, 2.75) is 45.3 Å². The van der Waals surface area contributed by atoms with E-state index in [1.54, 1.807) is 11.8 Å². The summed E-state index contributed by atoms with van der Waals surface area (Å²) in [5.41, 5.74) is -1.22. The number of carbonyl (C=O) groups excluding carboxylic acids is 1. The summed E-state index contributed by atoms with van der Waals surface area (Å²) < 4.78 is 0. The van der Waals surface area contributed by atoms with Gasteiger partial charge in [-0.2, -0.15) is 0 Å². The maximum Gasteiger partial charge on any atom is 0.329 e. The Kier molecular flexibility index (Phi) is 4.56. The molecule has 0 bridgehead atoms. The van der Waals surface area contributed by atoms with Crippen LogP contribution in [0, 0.1) is 0 Å². The van der Waals surface area contributed by atoms with Gasteiger partial charge in [-0.05, 0) is 33.6 Å². The number of hydrogen-bond donors (Lipinski definition) is 2. The van der Waals surface area contributed by atoms with Crippen molar-refractivity contribution in [1.82, 2.24) is 9.80 Å². The predicted octanol–water partition coefficient (Wildman–Crippen LogP) is 0.748. The lowest BCUT2D eigenvalue weighted by atomic mass is 10.0. The highest BCUT2D eigenvalue weighted by atomic mass is 16.4. The van der Waals surface area contributed by atoms with Crippen LogP contribution in [0.3, 0.4) is 0 Å². The van der Waals surface area contributed by atoms with Gasteiger partial charge in [-0.25, -0.2) is 9.59 Å². The minimum absolute atomic E-state index is 0.267. The fourth-order valence-electron chi connectivity index (χ4n) is 2.11. The molecular weight excluding hydrogens is 236 g/mol. The van der Waals surface area contributed by atoms with Gasteiger partial charge in [-0.1, -0.05) is 0 Å². The second-order valence-electron chi connectivity index (χ2n) is 5.11. The van der Waals surface area contributed by atoms with Crippen molar-refractivity contribution in [2.75, 3.05) is 19.6 Å². The summed E-state index contributed by atoms with van der Waals surface area (Å²) in [7, 11) is 0. The minimum Gasteiger partial charge on any atom is -0.480 e. The first-order chi connectivity index (χ1) is 8.30. The number of urea groups is 1. The van der Waals surface area contributed by atoms with Gasteiger partial charge < -0.3 is 20.0 Å². The highest BCUT2D eigenvalue weighted by molar-refractivity contribution is 5.85. The summed E-state index contributed by atoms with van der Waals surface area (Å²) in [5.74, 6) is -1.02. The summed E-state index contributed by atoms with van der Waals surface area (Å²) in [6.07, 6.45) is 0.754. The smallest absolute Gasteiger partial charge is 0.329 e. The van der Waals surface area contributed by atoms with E-state index in [4.69, 9.17) is 0 Å². The number of carboxylic acid groups (broad SMARTS) is 1. The van der Waals surface area contributed by atoms with Gasteiger partial charge in [0.25, 0.3) is 0 Å². The molecule has 6 heteroatoms. The standard InChI is InChI=1S/C12H22N2O4/c1-4-14(12(2,3)10(16)17)11(18)13-7-5-9(15)6-8-13/h9,15H,4-8H2,1-3H3,(H,16,17). The molecule has 0 radical (unpaired) electrons. The average molecular weight is 258 g/mol. The van der Waals surface area contributed by atoms with Crippen LogP contribution in [0.15, 0.2) is 0 Å². The first kappa shape index (κ1) is 14.8. The van der Waals surface area contributed by atoms with Crippen molar-refractivity contribution in [3.63, 3.8) is 0 Å². The number of likely N-dealkylation sites (tertiary alicyclic amines) is 1. The normalized spacial score (nSPS) is 17.7. The third-order valence-electron chi connectivity index (χ3n) is 3.48. The van der Waals surface area contributed by atoms with E-state index in [9.17, 15) is 19.8 Å². The summed E-state index contributed by atoms with van der Waals surface area (Å²) in [6.45, 7) is 6.11. The first-order valence-electron chi connectivity index (χ1n) is 6.28. The van der Waals surface area contributed by atoms with E-state index in [1.165, 1.54) is 18.7 Å². The Morgan fingerprint density at radius 3 is 2.22 bits per heavy atom. The van der Waals surface area contributed by atoms with E-state index < -0.39 is 11.5 Å². The molecule has 104 valence electrons. The van der Waals surface area contributed by atoms with Crippen LogP contribution in [0.5, 0.6) is 0 Å². The van der Waals surface area contributed by atoms with E-state index in [-0.39, 0.29) is 12.1 Å². The molecule has 0 spiro atoms. The lowest BCUT2D eigenvalue weighted by molar-refractivity contribution is -0.147. The third kappa shape index (κ3) is 2.93. The van der Waals surface area contributed by atoms with Crippen molar-refractivity contribution in [3.05, 3.63) is 0 Å². The van der Waals surface area contributed by atoms with Crippen molar-refractivity contribution in [2.24, 2.45) is 0 Å². The molecule has 0 aromatic carbocycles. The number of nitrogens with zero attached hydrogens (tertiary/aromatic N) is 2. The monoisotopic (exact) mass is 258 g/mol. The number of likely N-dealkylation sites (N-methyl/N-ethyl adjacent to an activating group) is 1. The van der Waals surface area contributed by atoms with Crippen LogP contribution < -0.4 is 0 Å². The van der Waals surface area contributed by atoms with Gasteiger partial charge in [-0.15, -0.1) is 0 Å². The molecule has 6 nitrogen and oxygen atoms in total. The number of hydrogen-bond acceptors (Lipinski definition) is 3. The van der Waals surface area contributed by atoms with E-state index in [2.05, 4.69) is 0 Å². The molecule has 18 heavy (non-hydrogen) atoms. The van der Waals surface area contributed by atoms with Gasteiger partial charge >= 0.3 is 12.0 Å². The number of carboxylic acids is 1. The first-order valence-corrected chi connectivity index (χ1v) is 6.28. The van der Waals surface area contributed by atoms with Crippen molar-refractivity contribution >= 4 is 12.0 Å². The number of aliphatic hydroxyl groups excluding tert-OH is 1. The van der Waals surface area contributed by atoms with E-state index in [0.29, 0.717) is 32.5 Å². The van der Waals surface area contributed by atoms with Crippen LogP contribution in [-0.2, 0) is 4.79 Å². The Labute approximate surface area is 107 Å². The Hall–Kier alpha value is -1.30. The number of piperidine rings is 1. The second kappa shape index (κ2) is 5.56. The number of rotatable bonds is 3. The van der Waals surface area contributed by atoms with Crippen LogP contribution >= 0.6 is 0 Å². The summed E-state index contributed by atoms with van der Waals surface area (Å²) in [4.78, 5) is 26.5. The fraction of sp³-hybridized carbons (Fsp3) is 0.833. The quantitative estimate of drug-likeness (QED) is 0.782. The number of aliphatic hydroxyl groups is 1. The Morgan fingerprint density at radius 2 is 1.83 bits per heavy atom. The molecule has 0 unspecified atom stereocenters. The van der Waals surface area contributed by atoms with E-state index in [1.807, 2.05) is 0 Å². The van der Waals surface area contributed by atoms with Crippen molar-refractivity contribution in [3.8, 4) is 0 Å². The molecule has 2 amide bonds. The number of amides is 2. The third-order valence-corrected chi connectivity index (χ3v) is 3.48. The Morgan fingerprint density at radius 1 is 1.33 bits per heavy atom. The second-order valence-corrected chi connectivity index (χ2v) is 5.11. The molecule has 1 aliphatic rings. The van der Waals surface area contributed by atoms with Crippen LogP contribution in [0.1, 0.15) is 33.6 Å². The van der Waals surface area contributed by atoms with E-state index >= 15 is 0 Å². The summed E-state index contributed by atoms with van der Waals surface area (Å²) >= 11 is 0. The van der Waals surface area contributed by atoms with Gasteiger partial charge in [0, 0.05) is 19.6 Å². The maximum atomic E-state index is 12.3.